The molecular formula is C19H26N4O2. The third-order valence-corrected chi connectivity index (χ3v) is 4.81. The lowest BCUT2D eigenvalue weighted by Gasteiger charge is -2.42. The molecule has 1 atom stereocenters. The van der Waals surface area contributed by atoms with Gasteiger partial charge >= 0.3 is 0 Å². The highest BCUT2D eigenvalue weighted by molar-refractivity contribution is 5.81. The van der Waals surface area contributed by atoms with E-state index in [2.05, 4.69) is 33.0 Å². The van der Waals surface area contributed by atoms with Crippen LogP contribution in [-0.2, 0) is 11.3 Å². The number of likely N-dealkylation sites (tertiary alicyclic amines) is 1. The molecule has 0 spiro atoms. The molecule has 1 saturated heterocycles. The third-order valence-electron chi connectivity index (χ3n) is 4.81. The highest BCUT2D eigenvalue weighted by Crippen LogP contribution is 2.24. The van der Waals surface area contributed by atoms with E-state index in [4.69, 9.17) is 4.74 Å². The lowest BCUT2D eigenvalue weighted by molar-refractivity contribution is -0.128. The maximum absolute atomic E-state index is 12.4. The fraction of sp³-hybridized carbons (Fsp3) is 0.474. The predicted octanol–water partition coefficient (Wildman–Crippen LogP) is 2.07. The summed E-state index contributed by atoms with van der Waals surface area (Å²) < 4.78 is 7.29. The van der Waals surface area contributed by atoms with Crippen LogP contribution in [0.25, 0.3) is 0 Å². The number of aromatic nitrogens is 2. The second kappa shape index (κ2) is 7.27. The molecule has 0 aliphatic carbocycles. The van der Waals surface area contributed by atoms with E-state index in [0.29, 0.717) is 12.6 Å². The van der Waals surface area contributed by atoms with Gasteiger partial charge in [0, 0.05) is 25.3 Å². The van der Waals surface area contributed by atoms with Gasteiger partial charge in [0.05, 0.1) is 24.9 Å². The van der Waals surface area contributed by atoms with Gasteiger partial charge in [-0.15, -0.1) is 0 Å². The van der Waals surface area contributed by atoms with Gasteiger partial charge in [0.1, 0.15) is 5.75 Å². The van der Waals surface area contributed by atoms with Crippen molar-refractivity contribution in [1.29, 1.82) is 0 Å². The summed E-state index contributed by atoms with van der Waals surface area (Å²) in [6.07, 6.45) is 0. The molecule has 1 aromatic heterocycles. The number of benzene rings is 1. The van der Waals surface area contributed by atoms with Crippen LogP contribution in [0.2, 0.25) is 0 Å². The molecule has 2 heterocycles. The van der Waals surface area contributed by atoms with Crippen LogP contribution in [0.15, 0.2) is 30.3 Å². The molecule has 1 fully saturated rings. The van der Waals surface area contributed by atoms with Gasteiger partial charge in [-0.3, -0.25) is 14.4 Å². The molecule has 1 N–H and O–H groups in total. The van der Waals surface area contributed by atoms with Crippen LogP contribution in [0.3, 0.4) is 0 Å². The summed E-state index contributed by atoms with van der Waals surface area (Å²) in [6, 6.07) is 10.1. The lowest BCUT2D eigenvalue weighted by Crippen LogP contribution is -2.56. The van der Waals surface area contributed by atoms with Crippen LogP contribution < -0.4 is 10.1 Å². The van der Waals surface area contributed by atoms with Crippen molar-refractivity contribution in [3.05, 3.63) is 47.3 Å². The van der Waals surface area contributed by atoms with E-state index in [-0.39, 0.29) is 11.9 Å². The Kier molecular flexibility index (Phi) is 5.08. The molecule has 1 aromatic carbocycles. The zero-order chi connectivity index (χ0) is 18.0. The smallest absolute Gasteiger partial charge is 0.237 e. The van der Waals surface area contributed by atoms with Crippen LogP contribution in [0.4, 0.5) is 0 Å². The molecule has 134 valence electrons. The zero-order valence-electron chi connectivity index (χ0n) is 15.3. The molecule has 3 rings (SSSR count). The molecular weight excluding hydrogens is 316 g/mol. The van der Waals surface area contributed by atoms with Crippen molar-refractivity contribution in [3.63, 3.8) is 0 Å². The van der Waals surface area contributed by atoms with Gasteiger partial charge in [-0.05, 0) is 44.5 Å². The first-order chi connectivity index (χ1) is 12.0. The maximum atomic E-state index is 12.4. The van der Waals surface area contributed by atoms with Gasteiger partial charge in [-0.25, -0.2) is 0 Å². The van der Waals surface area contributed by atoms with Crippen LogP contribution in [0.1, 0.15) is 29.9 Å². The molecule has 1 aliphatic rings. The standard InChI is InChI=1S/C19H26N4O2/c1-13-8-14(2)23(21-13)17-11-22(12-17)15(3)19(24)20-10-16-6-5-7-18(9-16)25-4/h5-9,15,17H,10-12H2,1-4H3,(H,20,24)/t15-/m1/s1. The summed E-state index contributed by atoms with van der Waals surface area (Å²) in [7, 11) is 1.64. The lowest BCUT2D eigenvalue weighted by atomic mass is 10.1. The monoisotopic (exact) mass is 342 g/mol. The number of hydrogen-bond donors (Lipinski definition) is 1. The van der Waals surface area contributed by atoms with Crippen LogP contribution >= 0.6 is 0 Å². The van der Waals surface area contributed by atoms with E-state index in [1.54, 1.807) is 7.11 Å². The van der Waals surface area contributed by atoms with Gasteiger partial charge in [0.25, 0.3) is 0 Å². The van der Waals surface area contributed by atoms with Gasteiger partial charge in [0.2, 0.25) is 5.91 Å². The van der Waals surface area contributed by atoms with Gasteiger partial charge in [-0.2, -0.15) is 5.10 Å². The van der Waals surface area contributed by atoms with Gasteiger partial charge in [0.15, 0.2) is 0 Å². The minimum atomic E-state index is -0.140. The number of ether oxygens (including phenoxy) is 1. The Bertz CT molecular complexity index is 750. The summed E-state index contributed by atoms with van der Waals surface area (Å²) >= 11 is 0. The van der Waals surface area contributed by atoms with Crippen LogP contribution in [0, 0.1) is 13.8 Å². The molecule has 6 heteroatoms. The maximum Gasteiger partial charge on any atom is 0.237 e. The number of nitrogens with zero attached hydrogens (tertiary/aromatic N) is 3. The minimum Gasteiger partial charge on any atom is -0.497 e. The Hall–Kier alpha value is -2.34. The van der Waals surface area contributed by atoms with E-state index >= 15 is 0 Å². The van der Waals surface area contributed by atoms with Crippen molar-refractivity contribution in [1.82, 2.24) is 20.0 Å². The van der Waals surface area contributed by atoms with E-state index in [1.807, 2.05) is 38.1 Å². The predicted molar refractivity (Wildman–Crippen MR) is 96.6 cm³/mol. The van der Waals surface area contributed by atoms with Crippen molar-refractivity contribution in [2.75, 3.05) is 20.2 Å². The summed E-state index contributed by atoms with van der Waals surface area (Å²) in [6.45, 7) is 8.26. The zero-order valence-corrected chi connectivity index (χ0v) is 15.3. The first-order valence-corrected chi connectivity index (χ1v) is 8.65. The van der Waals surface area contributed by atoms with E-state index in [1.165, 1.54) is 5.69 Å². The number of hydrogen-bond acceptors (Lipinski definition) is 4. The molecule has 1 amide bonds. The number of carbonyl (C=O) groups is 1. The minimum absolute atomic E-state index is 0.0506. The molecule has 25 heavy (non-hydrogen) atoms. The second-order valence-electron chi connectivity index (χ2n) is 6.72. The normalized spacial score (nSPS) is 16.3. The highest BCUT2D eigenvalue weighted by atomic mass is 16.5. The number of nitrogens with one attached hydrogen (secondary N) is 1. The second-order valence-corrected chi connectivity index (χ2v) is 6.72. The van der Waals surface area contributed by atoms with Crippen molar-refractivity contribution < 1.29 is 9.53 Å². The topological polar surface area (TPSA) is 59.4 Å². The molecule has 0 radical (unpaired) electrons. The third kappa shape index (κ3) is 3.85. The molecule has 0 bridgehead atoms. The quantitative estimate of drug-likeness (QED) is 0.873. The van der Waals surface area contributed by atoms with E-state index < -0.39 is 0 Å². The molecule has 1 aliphatic heterocycles. The van der Waals surface area contributed by atoms with E-state index in [9.17, 15) is 4.79 Å². The number of aryl methyl sites for hydroxylation is 2. The average molecular weight is 342 g/mol. The largest absolute Gasteiger partial charge is 0.497 e. The Labute approximate surface area is 148 Å². The van der Waals surface area contributed by atoms with Gasteiger partial charge < -0.3 is 10.1 Å². The summed E-state index contributed by atoms with van der Waals surface area (Å²) in [5.41, 5.74) is 3.25. The van der Waals surface area contributed by atoms with E-state index in [0.717, 1.165) is 30.1 Å². The molecule has 6 nitrogen and oxygen atoms in total. The number of methoxy groups -OCH3 is 1. The fourth-order valence-corrected chi connectivity index (χ4v) is 3.26. The van der Waals surface area contributed by atoms with Crippen molar-refractivity contribution >= 4 is 5.91 Å². The number of rotatable bonds is 6. The average Bonchev–Trinajstić information content (AvgIpc) is 2.89. The summed E-state index contributed by atoms with van der Waals surface area (Å²) in [4.78, 5) is 14.6. The number of amides is 1. The van der Waals surface area contributed by atoms with Crippen LogP contribution in [0.5, 0.6) is 5.75 Å². The Morgan fingerprint density at radius 2 is 2.12 bits per heavy atom. The Morgan fingerprint density at radius 1 is 1.36 bits per heavy atom. The summed E-state index contributed by atoms with van der Waals surface area (Å²) in [5.74, 6) is 0.852. The molecule has 0 saturated carbocycles. The number of carbonyl (C=O) groups excluding carboxylic acids is 1. The van der Waals surface area contributed by atoms with Crippen LogP contribution in [-0.4, -0.2) is 46.8 Å². The SMILES string of the molecule is COc1cccc(CNC(=O)[C@@H](C)N2CC(n3nc(C)cc3C)C2)c1. The highest BCUT2D eigenvalue weighted by Gasteiger charge is 2.35. The summed E-state index contributed by atoms with van der Waals surface area (Å²) in [5, 5.41) is 7.55. The fourth-order valence-electron chi connectivity index (χ4n) is 3.26. The first kappa shape index (κ1) is 17.5. The van der Waals surface area contributed by atoms with Crippen molar-refractivity contribution in [3.8, 4) is 5.75 Å². The Morgan fingerprint density at radius 3 is 2.76 bits per heavy atom. The molecule has 0 unspecified atom stereocenters. The molecule has 2 aromatic rings. The Balaban J connectivity index is 1.49. The first-order valence-electron chi connectivity index (χ1n) is 8.65. The van der Waals surface area contributed by atoms with Crippen molar-refractivity contribution in [2.45, 2.75) is 39.4 Å². The van der Waals surface area contributed by atoms with Crippen molar-refractivity contribution in [2.24, 2.45) is 0 Å². The van der Waals surface area contributed by atoms with Gasteiger partial charge in [-0.1, -0.05) is 12.1 Å².